The van der Waals surface area contributed by atoms with Gasteiger partial charge < -0.3 is 15.0 Å². The Morgan fingerprint density at radius 3 is 2.56 bits per heavy atom. The fraction of sp³-hybridized carbons (Fsp3) is 0.333. The molecule has 0 aliphatic carbocycles. The highest BCUT2D eigenvalue weighted by Gasteiger charge is 2.18. The molecule has 0 aliphatic heterocycles. The molecule has 0 aliphatic rings. The lowest BCUT2D eigenvalue weighted by atomic mass is 10.0. The lowest BCUT2D eigenvalue weighted by Gasteiger charge is -2.19. The third-order valence-corrected chi connectivity index (χ3v) is 5.24. The van der Waals surface area contributed by atoms with Gasteiger partial charge in [0.25, 0.3) is 5.91 Å². The van der Waals surface area contributed by atoms with Crippen molar-refractivity contribution in [3.63, 3.8) is 0 Å². The summed E-state index contributed by atoms with van der Waals surface area (Å²) >= 11 is 1.37. The third-order valence-electron chi connectivity index (χ3n) is 4.18. The fourth-order valence-corrected chi connectivity index (χ4v) is 3.62. The normalized spacial score (nSPS) is 11.6. The van der Waals surface area contributed by atoms with E-state index in [-0.39, 0.29) is 17.9 Å². The second-order valence-electron chi connectivity index (χ2n) is 6.51. The third kappa shape index (κ3) is 5.50. The lowest BCUT2D eigenvalue weighted by Crippen LogP contribution is -2.27. The van der Waals surface area contributed by atoms with E-state index in [4.69, 9.17) is 4.74 Å². The molecule has 1 N–H and O–H groups in total. The summed E-state index contributed by atoms with van der Waals surface area (Å²) in [6, 6.07) is 13.0. The number of aryl methyl sites for hydroxylation is 1. The molecule has 0 bridgehead atoms. The van der Waals surface area contributed by atoms with Crippen molar-refractivity contribution >= 4 is 23.6 Å². The number of methoxy groups -OCH3 is 1. The average Bonchev–Trinajstić information content (AvgIpc) is 2.65. The van der Waals surface area contributed by atoms with Crippen molar-refractivity contribution in [2.24, 2.45) is 0 Å². The smallest absolute Gasteiger partial charge is 0.252 e. The molecule has 6 heteroatoms. The summed E-state index contributed by atoms with van der Waals surface area (Å²) in [7, 11) is 5.06. The van der Waals surface area contributed by atoms with Crippen molar-refractivity contribution in [2.75, 3.05) is 27.0 Å². The van der Waals surface area contributed by atoms with Crippen LogP contribution in [0.2, 0.25) is 0 Å². The minimum atomic E-state index is -0.214. The molecule has 27 heavy (non-hydrogen) atoms. The van der Waals surface area contributed by atoms with Crippen LogP contribution in [-0.2, 0) is 4.79 Å². The van der Waals surface area contributed by atoms with Gasteiger partial charge in [-0.15, -0.1) is 11.8 Å². The van der Waals surface area contributed by atoms with Crippen LogP contribution in [-0.4, -0.2) is 43.7 Å². The molecule has 0 heterocycles. The molecule has 2 aromatic rings. The molecular formula is C21H26N2O3S. The second kappa shape index (κ2) is 9.46. The number of hydrogen-bond acceptors (Lipinski definition) is 4. The Kier molecular flexibility index (Phi) is 7.30. The number of thioether (sulfide) groups is 1. The maximum absolute atomic E-state index is 12.9. The molecule has 0 spiro atoms. The van der Waals surface area contributed by atoms with E-state index < -0.39 is 0 Å². The van der Waals surface area contributed by atoms with Crippen LogP contribution >= 0.6 is 11.8 Å². The predicted octanol–water partition coefficient (Wildman–Crippen LogP) is 3.67. The summed E-state index contributed by atoms with van der Waals surface area (Å²) in [5.41, 5.74) is 2.59. The molecule has 0 unspecified atom stereocenters. The quantitative estimate of drug-likeness (QED) is 0.738. The van der Waals surface area contributed by atoms with Crippen molar-refractivity contribution < 1.29 is 14.3 Å². The highest BCUT2D eigenvalue weighted by atomic mass is 32.2. The Morgan fingerprint density at radius 2 is 1.89 bits per heavy atom. The molecule has 144 valence electrons. The second-order valence-corrected chi connectivity index (χ2v) is 7.53. The molecule has 0 aromatic heterocycles. The first-order valence-electron chi connectivity index (χ1n) is 8.71. The van der Waals surface area contributed by atoms with Crippen LogP contribution in [0.5, 0.6) is 5.75 Å². The Balaban J connectivity index is 2.16. The summed E-state index contributed by atoms with van der Waals surface area (Å²) in [5, 5.41) is 3.04. The number of nitrogens with one attached hydrogen (secondary N) is 1. The van der Waals surface area contributed by atoms with E-state index in [2.05, 4.69) is 5.32 Å². The van der Waals surface area contributed by atoms with Crippen molar-refractivity contribution in [3.05, 3.63) is 59.2 Å². The summed E-state index contributed by atoms with van der Waals surface area (Å²) in [6.45, 7) is 3.94. The zero-order valence-electron chi connectivity index (χ0n) is 16.4. The van der Waals surface area contributed by atoms with Crippen LogP contribution in [0.4, 0.5) is 0 Å². The first kappa shape index (κ1) is 20.8. The van der Waals surface area contributed by atoms with Gasteiger partial charge in [0.15, 0.2) is 0 Å². The van der Waals surface area contributed by atoms with Gasteiger partial charge in [-0.05, 0) is 32.0 Å². The van der Waals surface area contributed by atoms with Crippen LogP contribution in [0.1, 0.15) is 34.5 Å². The molecule has 2 aromatic carbocycles. The molecule has 2 amide bonds. The van der Waals surface area contributed by atoms with E-state index in [0.29, 0.717) is 11.3 Å². The molecule has 5 nitrogen and oxygen atoms in total. The summed E-state index contributed by atoms with van der Waals surface area (Å²) in [5.74, 6) is 0.866. The van der Waals surface area contributed by atoms with Crippen LogP contribution in [0.15, 0.2) is 47.4 Å². The molecule has 1 atom stereocenters. The van der Waals surface area contributed by atoms with Gasteiger partial charge in [-0.1, -0.05) is 29.8 Å². The molecule has 0 saturated heterocycles. The van der Waals surface area contributed by atoms with Crippen LogP contribution in [0.3, 0.4) is 0 Å². The summed E-state index contributed by atoms with van der Waals surface area (Å²) in [6.07, 6.45) is 0. The van der Waals surface area contributed by atoms with Gasteiger partial charge >= 0.3 is 0 Å². The van der Waals surface area contributed by atoms with Crippen LogP contribution in [0.25, 0.3) is 0 Å². The number of benzene rings is 2. The van der Waals surface area contributed by atoms with E-state index in [1.807, 2.05) is 50.2 Å². The average molecular weight is 387 g/mol. The van der Waals surface area contributed by atoms with Gasteiger partial charge in [-0.25, -0.2) is 0 Å². The number of rotatable bonds is 7. The van der Waals surface area contributed by atoms with Gasteiger partial charge in [-0.2, -0.15) is 0 Å². The zero-order chi connectivity index (χ0) is 20.0. The predicted molar refractivity (Wildman–Crippen MR) is 109 cm³/mol. The number of carbonyl (C=O) groups excluding carboxylic acids is 2. The molecule has 0 fully saturated rings. The number of amides is 2. The first-order chi connectivity index (χ1) is 12.8. The minimum absolute atomic E-state index is 0.00748. The summed E-state index contributed by atoms with van der Waals surface area (Å²) in [4.78, 5) is 27.0. The molecule has 0 saturated carbocycles. The lowest BCUT2D eigenvalue weighted by molar-refractivity contribution is -0.125. The molecule has 0 radical (unpaired) electrons. The van der Waals surface area contributed by atoms with Crippen LogP contribution < -0.4 is 10.1 Å². The van der Waals surface area contributed by atoms with Crippen molar-refractivity contribution in [1.82, 2.24) is 10.2 Å². The van der Waals surface area contributed by atoms with Gasteiger partial charge in [0, 0.05) is 24.6 Å². The summed E-state index contributed by atoms with van der Waals surface area (Å²) < 4.78 is 5.42. The number of nitrogens with zero attached hydrogens (tertiary/aromatic N) is 1. The van der Waals surface area contributed by atoms with E-state index in [9.17, 15) is 9.59 Å². The Bertz CT molecular complexity index is 821. The topological polar surface area (TPSA) is 58.6 Å². The van der Waals surface area contributed by atoms with E-state index in [1.165, 1.54) is 11.8 Å². The molecule has 2 rings (SSSR count). The number of carbonyl (C=O) groups is 2. The van der Waals surface area contributed by atoms with E-state index in [0.717, 1.165) is 21.8 Å². The highest BCUT2D eigenvalue weighted by Crippen LogP contribution is 2.28. The number of hydrogen-bond donors (Lipinski definition) is 1. The number of ether oxygens (including phenoxy) is 1. The van der Waals surface area contributed by atoms with Crippen LogP contribution in [0, 0.1) is 6.92 Å². The zero-order valence-corrected chi connectivity index (χ0v) is 17.2. The van der Waals surface area contributed by atoms with E-state index in [1.54, 1.807) is 32.2 Å². The maximum atomic E-state index is 12.9. The Morgan fingerprint density at radius 1 is 1.19 bits per heavy atom. The first-order valence-corrected chi connectivity index (χ1v) is 9.69. The minimum Gasteiger partial charge on any atom is -0.496 e. The Hall–Kier alpha value is -2.47. The standard InChI is InChI=1S/C21H26N2O3S/c1-14-10-11-18(26-5)17(12-14)15(2)22-21(25)16-8-6-7-9-19(16)27-13-20(24)23(3)4/h6-12,15H,13H2,1-5H3,(H,22,25)/t15-/m0/s1. The van der Waals surface area contributed by atoms with Gasteiger partial charge in [0.1, 0.15) is 5.75 Å². The van der Waals surface area contributed by atoms with E-state index >= 15 is 0 Å². The fourth-order valence-electron chi connectivity index (χ4n) is 2.59. The SMILES string of the molecule is COc1ccc(C)cc1[C@H](C)NC(=O)c1ccccc1SCC(=O)N(C)C. The Labute approximate surface area is 165 Å². The van der Waals surface area contributed by atoms with Crippen molar-refractivity contribution in [3.8, 4) is 5.75 Å². The van der Waals surface area contributed by atoms with Gasteiger partial charge in [0.05, 0.1) is 24.5 Å². The van der Waals surface area contributed by atoms with Crippen molar-refractivity contribution in [2.45, 2.75) is 24.8 Å². The van der Waals surface area contributed by atoms with Gasteiger partial charge in [0.2, 0.25) is 5.91 Å². The maximum Gasteiger partial charge on any atom is 0.252 e. The van der Waals surface area contributed by atoms with Gasteiger partial charge in [-0.3, -0.25) is 9.59 Å². The highest BCUT2D eigenvalue weighted by molar-refractivity contribution is 8.00. The van der Waals surface area contributed by atoms with Crippen molar-refractivity contribution in [1.29, 1.82) is 0 Å². The largest absolute Gasteiger partial charge is 0.496 e. The monoisotopic (exact) mass is 386 g/mol. The molecular weight excluding hydrogens is 360 g/mol.